The molecule has 0 bridgehead atoms. The Bertz CT molecular complexity index is 271. The summed E-state index contributed by atoms with van der Waals surface area (Å²) in [5.41, 5.74) is 5.75. The van der Waals surface area contributed by atoms with Crippen LogP contribution >= 0.6 is 0 Å². The Morgan fingerprint density at radius 1 is 1.54 bits per heavy atom. The van der Waals surface area contributed by atoms with Crippen molar-refractivity contribution >= 4 is 5.82 Å². The predicted molar refractivity (Wildman–Crippen MR) is 53.1 cm³/mol. The SMILES string of the molecule is CC(Cn1ncc(N)n1)C(C)(C)C. The molecule has 74 valence electrons. The Balaban J connectivity index is 2.60. The average molecular weight is 182 g/mol. The van der Waals surface area contributed by atoms with E-state index in [0.29, 0.717) is 11.7 Å². The first-order valence-corrected chi connectivity index (χ1v) is 4.55. The van der Waals surface area contributed by atoms with Crippen LogP contribution in [0.5, 0.6) is 0 Å². The molecule has 0 aliphatic carbocycles. The first-order valence-electron chi connectivity index (χ1n) is 4.55. The number of nitrogens with two attached hydrogens (primary N) is 1. The summed E-state index contributed by atoms with van der Waals surface area (Å²) in [7, 11) is 0. The Hall–Kier alpha value is -1.06. The summed E-state index contributed by atoms with van der Waals surface area (Å²) in [4.78, 5) is 1.66. The molecule has 1 aromatic heterocycles. The van der Waals surface area contributed by atoms with Crippen LogP contribution in [0.2, 0.25) is 0 Å². The van der Waals surface area contributed by atoms with Gasteiger partial charge in [0.2, 0.25) is 0 Å². The zero-order valence-electron chi connectivity index (χ0n) is 8.78. The van der Waals surface area contributed by atoms with Crippen molar-refractivity contribution < 1.29 is 0 Å². The molecular formula is C9H18N4. The molecule has 0 fully saturated rings. The van der Waals surface area contributed by atoms with Crippen molar-refractivity contribution in [2.45, 2.75) is 34.2 Å². The van der Waals surface area contributed by atoms with Gasteiger partial charge in [-0.15, -0.1) is 5.10 Å². The monoisotopic (exact) mass is 182 g/mol. The van der Waals surface area contributed by atoms with Crippen LogP contribution in [0, 0.1) is 11.3 Å². The third kappa shape index (κ3) is 2.72. The summed E-state index contributed by atoms with van der Waals surface area (Å²) < 4.78 is 0. The lowest BCUT2D eigenvalue weighted by atomic mass is 9.82. The second-order valence-electron chi connectivity index (χ2n) is 4.59. The van der Waals surface area contributed by atoms with E-state index in [4.69, 9.17) is 5.73 Å². The molecule has 0 amide bonds. The molecule has 1 aromatic rings. The molecule has 4 nitrogen and oxygen atoms in total. The van der Waals surface area contributed by atoms with Gasteiger partial charge in [-0.25, -0.2) is 0 Å². The molecule has 0 aliphatic rings. The second-order valence-corrected chi connectivity index (χ2v) is 4.59. The van der Waals surface area contributed by atoms with Gasteiger partial charge in [-0.1, -0.05) is 27.7 Å². The van der Waals surface area contributed by atoms with E-state index >= 15 is 0 Å². The molecule has 0 aliphatic heterocycles. The molecule has 1 heterocycles. The minimum atomic E-state index is 0.280. The van der Waals surface area contributed by atoms with Crippen LogP contribution in [0.15, 0.2) is 6.20 Å². The Kier molecular flexibility index (Phi) is 2.59. The maximum atomic E-state index is 5.47. The van der Waals surface area contributed by atoms with Gasteiger partial charge in [-0.05, 0) is 11.3 Å². The lowest BCUT2D eigenvalue weighted by Crippen LogP contribution is -2.23. The number of aromatic nitrogens is 3. The fourth-order valence-corrected chi connectivity index (χ4v) is 0.918. The van der Waals surface area contributed by atoms with Crippen LogP contribution in [-0.2, 0) is 6.54 Å². The Morgan fingerprint density at radius 2 is 2.15 bits per heavy atom. The Labute approximate surface area is 79.1 Å². The van der Waals surface area contributed by atoms with Crippen molar-refractivity contribution in [3.8, 4) is 0 Å². The van der Waals surface area contributed by atoms with Crippen LogP contribution in [0.4, 0.5) is 5.82 Å². The summed E-state index contributed by atoms with van der Waals surface area (Å²) in [6.07, 6.45) is 1.58. The van der Waals surface area contributed by atoms with E-state index in [1.54, 1.807) is 11.0 Å². The maximum Gasteiger partial charge on any atom is 0.165 e. The third-order valence-corrected chi connectivity index (χ3v) is 2.47. The number of nitrogens with zero attached hydrogens (tertiary/aromatic N) is 3. The van der Waals surface area contributed by atoms with Crippen molar-refractivity contribution in [3.05, 3.63) is 6.20 Å². The molecular weight excluding hydrogens is 164 g/mol. The molecule has 0 spiro atoms. The van der Waals surface area contributed by atoms with Crippen molar-refractivity contribution in [1.29, 1.82) is 0 Å². The smallest absolute Gasteiger partial charge is 0.165 e. The second kappa shape index (κ2) is 3.36. The van der Waals surface area contributed by atoms with Crippen molar-refractivity contribution in [1.82, 2.24) is 15.0 Å². The highest BCUT2D eigenvalue weighted by molar-refractivity contribution is 5.19. The quantitative estimate of drug-likeness (QED) is 0.754. The van der Waals surface area contributed by atoms with E-state index < -0.39 is 0 Å². The number of rotatable bonds is 2. The van der Waals surface area contributed by atoms with Gasteiger partial charge >= 0.3 is 0 Å². The van der Waals surface area contributed by atoms with Gasteiger partial charge in [0.25, 0.3) is 0 Å². The van der Waals surface area contributed by atoms with Crippen LogP contribution in [0.3, 0.4) is 0 Å². The van der Waals surface area contributed by atoms with E-state index in [2.05, 4.69) is 37.9 Å². The highest BCUT2D eigenvalue weighted by atomic mass is 15.5. The van der Waals surface area contributed by atoms with E-state index in [1.807, 2.05) is 0 Å². The van der Waals surface area contributed by atoms with E-state index in [0.717, 1.165) is 6.54 Å². The zero-order valence-corrected chi connectivity index (χ0v) is 8.78. The lowest BCUT2D eigenvalue weighted by Gasteiger charge is -2.26. The van der Waals surface area contributed by atoms with Crippen LogP contribution in [0.25, 0.3) is 0 Å². The normalized spacial score (nSPS) is 14.5. The topological polar surface area (TPSA) is 56.7 Å². The van der Waals surface area contributed by atoms with Crippen LogP contribution in [-0.4, -0.2) is 15.0 Å². The summed E-state index contributed by atoms with van der Waals surface area (Å²) in [6, 6.07) is 0. The highest BCUT2D eigenvalue weighted by Gasteiger charge is 2.20. The maximum absolute atomic E-state index is 5.47. The van der Waals surface area contributed by atoms with Crippen molar-refractivity contribution in [2.24, 2.45) is 11.3 Å². The molecule has 1 unspecified atom stereocenters. The van der Waals surface area contributed by atoms with Crippen LogP contribution < -0.4 is 5.73 Å². The van der Waals surface area contributed by atoms with E-state index in [9.17, 15) is 0 Å². The average Bonchev–Trinajstić information content (AvgIpc) is 2.33. The summed E-state index contributed by atoms with van der Waals surface area (Å²) in [5.74, 6) is 1.01. The highest BCUT2D eigenvalue weighted by Crippen LogP contribution is 2.26. The minimum Gasteiger partial charge on any atom is -0.381 e. The zero-order chi connectivity index (χ0) is 10.1. The molecule has 4 heteroatoms. The van der Waals surface area contributed by atoms with Crippen LogP contribution in [0.1, 0.15) is 27.7 Å². The third-order valence-electron chi connectivity index (χ3n) is 2.47. The number of hydrogen-bond donors (Lipinski definition) is 1. The molecule has 0 saturated carbocycles. The molecule has 13 heavy (non-hydrogen) atoms. The first kappa shape index (κ1) is 10.0. The molecule has 1 rings (SSSR count). The van der Waals surface area contributed by atoms with Gasteiger partial charge in [-0.3, -0.25) is 0 Å². The number of anilines is 1. The Morgan fingerprint density at radius 3 is 2.54 bits per heavy atom. The van der Waals surface area contributed by atoms with E-state index in [1.165, 1.54) is 0 Å². The standard InChI is InChI=1S/C9H18N4/c1-7(9(2,3)4)6-13-11-5-8(10)12-13/h5,7H,6H2,1-4H3,(H2,10,12). The van der Waals surface area contributed by atoms with Gasteiger partial charge in [0, 0.05) is 0 Å². The largest absolute Gasteiger partial charge is 0.381 e. The fraction of sp³-hybridized carbons (Fsp3) is 0.778. The first-order chi connectivity index (χ1) is 5.89. The molecule has 0 radical (unpaired) electrons. The molecule has 2 N–H and O–H groups in total. The molecule has 0 saturated heterocycles. The van der Waals surface area contributed by atoms with E-state index in [-0.39, 0.29) is 5.41 Å². The summed E-state index contributed by atoms with van der Waals surface area (Å²) >= 11 is 0. The number of nitrogen functional groups attached to an aromatic ring is 1. The summed E-state index contributed by atoms with van der Waals surface area (Å²) in [5, 5.41) is 8.10. The fourth-order valence-electron chi connectivity index (χ4n) is 0.918. The minimum absolute atomic E-state index is 0.280. The summed E-state index contributed by atoms with van der Waals surface area (Å²) in [6.45, 7) is 9.65. The van der Waals surface area contributed by atoms with Gasteiger partial charge in [0.05, 0.1) is 12.7 Å². The predicted octanol–water partition coefficient (Wildman–Crippen LogP) is 1.54. The molecule has 0 aromatic carbocycles. The van der Waals surface area contributed by atoms with Gasteiger partial charge in [0.1, 0.15) is 0 Å². The molecule has 1 atom stereocenters. The van der Waals surface area contributed by atoms with Gasteiger partial charge < -0.3 is 5.73 Å². The van der Waals surface area contributed by atoms with Crippen molar-refractivity contribution in [3.63, 3.8) is 0 Å². The van der Waals surface area contributed by atoms with Gasteiger partial charge in [0.15, 0.2) is 5.82 Å². The van der Waals surface area contributed by atoms with Gasteiger partial charge in [-0.2, -0.15) is 9.90 Å². The van der Waals surface area contributed by atoms with Crippen molar-refractivity contribution in [2.75, 3.05) is 5.73 Å². The lowest BCUT2D eigenvalue weighted by molar-refractivity contribution is 0.217. The number of hydrogen-bond acceptors (Lipinski definition) is 3.